The second-order valence-electron chi connectivity index (χ2n) is 5.17. The molecule has 1 amide bonds. The van der Waals surface area contributed by atoms with Gasteiger partial charge in [-0.15, -0.1) is 0 Å². The monoisotopic (exact) mass is 290 g/mol. The molecule has 1 fully saturated rings. The smallest absolute Gasteiger partial charge is 0.308 e. The fourth-order valence-electron chi connectivity index (χ4n) is 2.53. The van der Waals surface area contributed by atoms with Gasteiger partial charge in [0.2, 0.25) is 5.91 Å². The first-order valence-electron chi connectivity index (χ1n) is 6.36. The van der Waals surface area contributed by atoms with Crippen LogP contribution in [0, 0.1) is 19.8 Å². The largest absolute Gasteiger partial charge is 0.481 e. The first-order valence-corrected chi connectivity index (χ1v) is 7.18. The lowest BCUT2D eigenvalue weighted by molar-refractivity contribution is -0.141. The van der Waals surface area contributed by atoms with Crippen molar-refractivity contribution in [1.29, 1.82) is 0 Å². The summed E-state index contributed by atoms with van der Waals surface area (Å²) in [7, 11) is 0. The van der Waals surface area contributed by atoms with E-state index in [0.29, 0.717) is 5.13 Å². The zero-order valence-corrected chi connectivity index (χ0v) is 12.0. The molecule has 5 nitrogen and oxygen atoms in total. The van der Waals surface area contributed by atoms with E-state index in [2.05, 4.69) is 11.1 Å². The van der Waals surface area contributed by atoms with Gasteiger partial charge in [-0.05, 0) is 31.0 Å². The molecule has 2 aromatic rings. The van der Waals surface area contributed by atoms with Crippen LogP contribution >= 0.6 is 11.3 Å². The third-order valence-electron chi connectivity index (χ3n) is 3.52. The number of hydrogen-bond acceptors (Lipinski definition) is 4. The first-order chi connectivity index (χ1) is 9.45. The van der Waals surface area contributed by atoms with Gasteiger partial charge in [0.1, 0.15) is 0 Å². The van der Waals surface area contributed by atoms with Crippen LogP contribution in [0.3, 0.4) is 0 Å². The molecule has 1 aliphatic rings. The summed E-state index contributed by atoms with van der Waals surface area (Å²) in [6.45, 7) is 4.23. The molecule has 1 aromatic carbocycles. The van der Waals surface area contributed by atoms with Gasteiger partial charge < -0.3 is 5.11 Å². The molecule has 0 aliphatic carbocycles. The van der Waals surface area contributed by atoms with Gasteiger partial charge in [-0.25, -0.2) is 4.98 Å². The van der Waals surface area contributed by atoms with E-state index in [4.69, 9.17) is 5.11 Å². The normalized spacial score (nSPS) is 19.0. The van der Waals surface area contributed by atoms with Gasteiger partial charge in [-0.3, -0.25) is 14.5 Å². The third-order valence-corrected chi connectivity index (χ3v) is 4.55. The van der Waals surface area contributed by atoms with Gasteiger partial charge in [0, 0.05) is 13.0 Å². The quantitative estimate of drug-likeness (QED) is 0.921. The van der Waals surface area contributed by atoms with Crippen molar-refractivity contribution in [3.05, 3.63) is 23.3 Å². The minimum atomic E-state index is -0.922. The molecule has 1 saturated heterocycles. The lowest BCUT2D eigenvalue weighted by atomic mass is 10.1. The number of nitrogens with zero attached hydrogens (tertiary/aromatic N) is 2. The van der Waals surface area contributed by atoms with Gasteiger partial charge in [0.25, 0.3) is 0 Å². The highest BCUT2D eigenvalue weighted by Crippen LogP contribution is 2.34. The molecule has 0 spiro atoms. The number of anilines is 1. The average Bonchev–Trinajstić information content (AvgIpc) is 2.92. The van der Waals surface area contributed by atoms with Crippen LogP contribution in [0.15, 0.2) is 12.1 Å². The minimum Gasteiger partial charge on any atom is -0.481 e. The van der Waals surface area contributed by atoms with Crippen molar-refractivity contribution in [2.24, 2.45) is 5.92 Å². The van der Waals surface area contributed by atoms with Crippen LogP contribution in [0.25, 0.3) is 10.2 Å². The van der Waals surface area contributed by atoms with Gasteiger partial charge in [-0.1, -0.05) is 17.4 Å². The molecule has 1 atom stereocenters. The Morgan fingerprint density at radius 1 is 1.45 bits per heavy atom. The van der Waals surface area contributed by atoms with Crippen LogP contribution in [0.2, 0.25) is 0 Å². The number of thiazole rings is 1. The Hall–Kier alpha value is -1.95. The van der Waals surface area contributed by atoms with Gasteiger partial charge in [0.15, 0.2) is 5.13 Å². The summed E-state index contributed by atoms with van der Waals surface area (Å²) < 4.78 is 1.03. The Kier molecular flexibility index (Phi) is 2.97. The summed E-state index contributed by atoms with van der Waals surface area (Å²) in [5.74, 6) is -1.71. The molecule has 1 unspecified atom stereocenters. The fraction of sp³-hybridized carbons (Fsp3) is 0.357. The molecule has 0 saturated carbocycles. The number of carboxylic acids is 1. The first kappa shape index (κ1) is 13.1. The number of carboxylic acid groups (broad SMARTS) is 1. The molecule has 2 heterocycles. The van der Waals surface area contributed by atoms with Crippen molar-refractivity contribution in [3.63, 3.8) is 0 Å². The lowest BCUT2D eigenvalue weighted by Gasteiger charge is -2.11. The molecule has 6 heteroatoms. The van der Waals surface area contributed by atoms with E-state index in [1.807, 2.05) is 19.9 Å². The fourth-order valence-corrected chi connectivity index (χ4v) is 3.70. The van der Waals surface area contributed by atoms with Crippen LogP contribution < -0.4 is 4.90 Å². The molecule has 0 radical (unpaired) electrons. The molecule has 1 N–H and O–H groups in total. The Balaban J connectivity index is 2.01. The zero-order valence-electron chi connectivity index (χ0n) is 11.2. The highest BCUT2D eigenvalue weighted by Gasteiger charge is 2.36. The molecule has 1 aromatic heterocycles. The van der Waals surface area contributed by atoms with E-state index in [1.54, 1.807) is 0 Å². The Morgan fingerprint density at radius 2 is 2.20 bits per heavy atom. The van der Waals surface area contributed by atoms with Crippen molar-refractivity contribution in [3.8, 4) is 0 Å². The van der Waals surface area contributed by atoms with Gasteiger partial charge in [0.05, 0.1) is 16.1 Å². The van der Waals surface area contributed by atoms with Gasteiger partial charge in [-0.2, -0.15) is 0 Å². The summed E-state index contributed by atoms with van der Waals surface area (Å²) in [6.07, 6.45) is 0.0588. The maximum absolute atomic E-state index is 11.9. The Morgan fingerprint density at radius 3 is 2.85 bits per heavy atom. The van der Waals surface area contributed by atoms with E-state index in [9.17, 15) is 9.59 Å². The van der Waals surface area contributed by atoms with Gasteiger partial charge >= 0.3 is 5.97 Å². The maximum atomic E-state index is 11.9. The molecule has 20 heavy (non-hydrogen) atoms. The van der Waals surface area contributed by atoms with Crippen LogP contribution in [0.1, 0.15) is 17.5 Å². The van der Waals surface area contributed by atoms with E-state index in [1.165, 1.54) is 16.2 Å². The highest BCUT2D eigenvalue weighted by molar-refractivity contribution is 7.22. The number of rotatable bonds is 2. The predicted octanol–water partition coefficient (Wildman–Crippen LogP) is 2.35. The second kappa shape index (κ2) is 4.56. The number of fused-ring (bicyclic) bond motifs is 1. The SMILES string of the molecule is Cc1cc(C)c2nc(N3CC(C(=O)O)CC3=O)sc2c1. The van der Waals surface area contributed by atoms with Crippen molar-refractivity contribution in [2.45, 2.75) is 20.3 Å². The van der Waals surface area contributed by atoms with Crippen LogP contribution in [0.5, 0.6) is 0 Å². The number of aryl methyl sites for hydroxylation is 2. The lowest BCUT2D eigenvalue weighted by Crippen LogP contribution is -2.25. The summed E-state index contributed by atoms with van der Waals surface area (Å²) in [4.78, 5) is 29.0. The van der Waals surface area contributed by atoms with E-state index in [-0.39, 0.29) is 18.9 Å². The number of hydrogen-bond donors (Lipinski definition) is 1. The second-order valence-corrected chi connectivity index (χ2v) is 6.18. The summed E-state index contributed by atoms with van der Waals surface area (Å²) in [5, 5.41) is 9.62. The molecular weight excluding hydrogens is 276 g/mol. The topological polar surface area (TPSA) is 70.5 Å². The highest BCUT2D eigenvalue weighted by atomic mass is 32.1. The molecule has 1 aliphatic heterocycles. The summed E-state index contributed by atoms with van der Waals surface area (Å²) in [6, 6.07) is 4.09. The number of benzene rings is 1. The predicted molar refractivity (Wildman–Crippen MR) is 77.2 cm³/mol. The van der Waals surface area contributed by atoms with Crippen LogP contribution in [-0.2, 0) is 9.59 Å². The summed E-state index contributed by atoms with van der Waals surface area (Å²) >= 11 is 1.44. The molecule has 3 rings (SSSR count). The number of carbonyl (C=O) groups excluding carboxylic acids is 1. The molecular formula is C14H14N2O3S. The third kappa shape index (κ3) is 2.06. The van der Waals surface area contributed by atoms with Crippen molar-refractivity contribution >= 4 is 38.6 Å². The zero-order chi connectivity index (χ0) is 14.4. The van der Waals surface area contributed by atoms with Crippen molar-refractivity contribution in [2.75, 3.05) is 11.4 Å². The van der Waals surface area contributed by atoms with Crippen molar-refractivity contribution in [1.82, 2.24) is 4.98 Å². The minimum absolute atomic E-state index is 0.0588. The van der Waals surface area contributed by atoms with Crippen LogP contribution in [-0.4, -0.2) is 28.5 Å². The molecule has 0 bridgehead atoms. The van der Waals surface area contributed by atoms with E-state index >= 15 is 0 Å². The average molecular weight is 290 g/mol. The Labute approximate surface area is 119 Å². The number of aliphatic carboxylic acids is 1. The van der Waals surface area contributed by atoms with E-state index in [0.717, 1.165) is 21.3 Å². The standard InChI is InChI=1S/C14H14N2O3S/c1-7-3-8(2)12-10(4-7)20-14(15-12)16-6-9(13(18)19)5-11(16)17/h3-4,9H,5-6H2,1-2H3,(H,18,19). The van der Waals surface area contributed by atoms with E-state index < -0.39 is 11.9 Å². The number of aromatic nitrogens is 1. The van der Waals surface area contributed by atoms with Crippen LogP contribution in [0.4, 0.5) is 5.13 Å². The maximum Gasteiger partial charge on any atom is 0.308 e. The van der Waals surface area contributed by atoms with Crippen molar-refractivity contribution < 1.29 is 14.7 Å². The Bertz CT molecular complexity index is 723. The summed E-state index contributed by atoms with van der Waals surface area (Å²) in [5.41, 5.74) is 3.12. The molecule has 104 valence electrons. The number of amides is 1. The number of carbonyl (C=O) groups is 2.